The van der Waals surface area contributed by atoms with E-state index in [0.29, 0.717) is 11.4 Å². The van der Waals surface area contributed by atoms with Crippen LogP contribution in [-0.4, -0.2) is 21.5 Å². The molecular formula is C23H26N2O2S2. The summed E-state index contributed by atoms with van der Waals surface area (Å²) >= 11 is 1.67. The lowest BCUT2D eigenvalue weighted by atomic mass is 10.1. The number of aryl methyl sites for hydroxylation is 3. The summed E-state index contributed by atoms with van der Waals surface area (Å²) in [7, 11) is -3.60. The van der Waals surface area contributed by atoms with Crippen molar-refractivity contribution in [2.45, 2.75) is 38.1 Å². The topological polar surface area (TPSA) is 49.4 Å². The van der Waals surface area contributed by atoms with Crippen molar-refractivity contribution in [1.29, 1.82) is 0 Å². The first-order chi connectivity index (χ1) is 13.9. The molecule has 1 aromatic heterocycles. The standard InChI is InChI=1S/C23H26N2O2S2/c1-16-13-17(2)23(18(3)14-16)29(26,27)24-15-21(22-9-6-12-28-22)25-11-10-19-7-4-5-8-20(19)25/h4-9,12-14,21,24H,10-11,15H2,1-3H3. The third-order valence-corrected chi connectivity index (χ3v) is 8.21. The van der Waals surface area contributed by atoms with Gasteiger partial charge in [0.25, 0.3) is 0 Å². The zero-order chi connectivity index (χ0) is 20.6. The van der Waals surface area contributed by atoms with Crippen LogP contribution in [0.5, 0.6) is 0 Å². The van der Waals surface area contributed by atoms with Crippen molar-refractivity contribution in [1.82, 2.24) is 4.72 Å². The predicted molar refractivity (Wildman–Crippen MR) is 120 cm³/mol. The summed E-state index contributed by atoms with van der Waals surface area (Å²) in [4.78, 5) is 3.90. The Morgan fingerprint density at radius 3 is 2.48 bits per heavy atom. The van der Waals surface area contributed by atoms with Gasteiger partial charge >= 0.3 is 0 Å². The van der Waals surface area contributed by atoms with E-state index in [1.165, 1.54) is 16.1 Å². The molecule has 4 rings (SSSR count). The molecule has 1 atom stereocenters. The van der Waals surface area contributed by atoms with Gasteiger partial charge in [-0.2, -0.15) is 0 Å². The monoisotopic (exact) mass is 426 g/mol. The lowest BCUT2D eigenvalue weighted by Crippen LogP contribution is -2.37. The first-order valence-corrected chi connectivity index (χ1v) is 12.2. The van der Waals surface area contributed by atoms with E-state index < -0.39 is 10.0 Å². The molecule has 0 spiro atoms. The first kappa shape index (κ1) is 20.1. The van der Waals surface area contributed by atoms with Crippen molar-refractivity contribution in [3.05, 3.63) is 81.0 Å². The van der Waals surface area contributed by atoms with Gasteiger partial charge in [0.15, 0.2) is 0 Å². The molecule has 2 aromatic carbocycles. The van der Waals surface area contributed by atoms with Crippen LogP contribution in [-0.2, 0) is 16.4 Å². The quantitative estimate of drug-likeness (QED) is 0.618. The van der Waals surface area contributed by atoms with Crippen LogP contribution in [0.15, 0.2) is 58.8 Å². The molecule has 29 heavy (non-hydrogen) atoms. The Morgan fingerprint density at radius 1 is 1.07 bits per heavy atom. The number of hydrogen-bond donors (Lipinski definition) is 1. The Labute approximate surface area is 177 Å². The lowest BCUT2D eigenvalue weighted by Gasteiger charge is -2.30. The van der Waals surface area contributed by atoms with E-state index in [4.69, 9.17) is 0 Å². The Bertz CT molecular complexity index is 1100. The molecule has 1 unspecified atom stereocenters. The minimum atomic E-state index is -3.60. The fourth-order valence-corrected chi connectivity index (χ4v) is 6.71. The number of benzene rings is 2. The number of thiophene rings is 1. The maximum absolute atomic E-state index is 13.2. The fraction of sp³-hybridized carbons (Fsp3) is 0.304. The highest BCUT2D eigenvalue weighted by atomic mass is 32.2. The minimum absolute atomic E-state index is 0.0283. The van der Waals surface area contributed by atoms with Crippen molar-refractivity contribution in [2.75, 3.05) is 18.0 Å². The fourth-order valence-electron chi connectivity index (χ4n) is 4.38. The number of sulfonamides is 1. The number of nitrogens with one attached hydrogen (secondary N) is 1. The highest BCUT2D eigenvalue weighted by Gasteiger charge is 2.29. The first-order valence-electron chi connectivity index (χ1n) is 9.82. The molecular weight excluding hydrogens is 400 g/mol. The average Bonchev–Trinajstić information content (AvgIpc) is 3.31. The SMILES string of the molecule is Cc1cc(C)c(S(=O)(=O)NCC(c2cccs2)N2CCc3ccccc32)c(C)c1. The molecule has 4 nitrogen and oxygen atoms in total. The summed E-state index contributed by atoms with van der Waals surface area (Å²) in [6.07, 6.45) is 0.987. The van der Waals surface area contributed by atoms with Crippen LogP contribution in [0.4, 0.5) is 5.69 Å². The summed E-state index contributed by atoms with van der Waals surface area (Å²) < 4.78 is 29.3. The van der Waals surface area contributed by atoms with Gasteiger partial charge in [0.1, 0.15) is 0 Å². The summed E-state index contributed by atoms with van der Waals surface area (Å²) in [6, 6.07) is 16.3. The smallest absolute Gasteiger partial charge is 0.241 e. The van der Waals surface area contributed by atoms with Gasteiger partial charge in [-0.1, -0.05) is 42.0 Å². The lowest BCUT2D eigenvalue weighted by molar-refractivity contribution is 0.564. The van der Waals surface area contributed by atoms with Gasteiger partial charge in [0, 0.05) is 23.7 Å². The molecule has 0 aliphatic carbocycles. The molecule has 1 aliphatic heterocycles. The summed E-state index contributed by atoms with van der Waals surface area (Å²) in [6.45, 7) is 6.95. The molecule has 1 N–H and O–H groups in total. The molecule has 2 heterocycles. The zero-order valence-corrected chi connectivity index (χ0v) is 18.6. The number of rotatable bonds is 6. The van der Waals surface area contributed by atoms with Crippen LogP contribution in [0.1, 0.15) is 33.2 Å². The third-order valence-electron chi connectivity index (χ3n) is 5.51. The Morgan fingerprint density at radius 2 is 1.79 bits per heavy atom. The van der Waals surface area contributed by atoms with Crippen LogP contribution in [0.25, 0.3) is 0 Å². The van der Waals surface area contributed by atoms with Crippen molar-refractivity contribution in [3.8, 4) is 0 Å². The van der Waals surface area contributed by atoms with E-state index >= 15 is 0 Å². The third kappa shape index (κ3) is 3.97. The molecule has 6 heteroatoms. The van der Waals surface area contributed by atoms with Crippen molar-refractivity contribution >= 4 is 27.0 Å². The second-order valence-electron chi connectivity index (χ2n) is 7.68. The van der Waals surface area contributed by atoms with Gasteiger partial charge in [-0.05, 0) is 61.4 Å². The molecule has 152 valence electrons. The van der Waals surface area contributed by atoms with Crippen LogP contribution in [0.2, 0.25) is 0 Å². The van der Waals surface area contributed by atoms with E-state index in [0.717, 1.165) is 29.7 Å². The molecule has 0 fully saturated rings. The molecule has 0 amide bonds. The molecule has 1 aliphatic rings. The van der Waals surface area contributed by atoms with E-state index in [9.17, 15) is 8.42 Å². The van der Waals surface area contributed by atoms with E-state index in [1.807, 2.05) is 50.4 Å². The highest BCUT2D eigenvalue weighted by Crippen LogP contribution is 2.36. The van der Waals surface area contributed by atoms with Gasteiger partial charge in [0.2, 0.25) is 10.0 Å². The minimum Gasteiger partial charge on any atom is -0.362 e. The maximum atomic E-state index is 13.2. The average molecular weight is 427 g/mol. The van der Waals surface area contributed by atoms with Crippen molar-refractivity contribution in [2.24, 2.45) is 0 Å². The van der Waals surface area contributed by atoms with Crippen molar-refractivity contribution in [3.63, 3.8) is 0 Å². The van der Waals surface area contributed by atoms with Crippen LogP contribution < -0.4 is 9.62 Å². The largest absolute Gasteiger partial charge is 0.362 e. The summed E-state index contributed by atoms with van der Waals surface area (Å²) in [5, 5.41) is 2.05. The number of nitrogens with zero attached hydrogens (tertiary/aromatic N) is 1. The van der Waals surface area contributed by atoms with Crippen LogP contribution in [0.3, 0.4) is 0 Å². The van der Waals surface area contributed by atoms with E-state index in [-0.39, 0.29) is 6.04 Å². The second kappa shape index (κ2) is 7.94. The zero-order valence-electron chi connectivity index (χ0n) is 17.0. The Kier molecular flexibility index (Phi) is 5.51. The van der Waals surface area contributed by atoms with Gasteiger partial charge in [0.05, 0.1) is 10.9 Å². The summed E-state index contributed by atoms with van der Waals surface area (Å²) in [5.74, 6) is 0. The maximum Gasteiger partial charge on any atom is 0.241 e. The van der Waals surface area contributed by atoms with Gasteiger partial charge in [-0.15, -0.1) is 11.3 Å². The Hall–Kier alpha value is -2.15. The predicted octanol–water partition coefficient (Wildman–Crippen LogP) is 4.76. The molecule has 0 saturated heterocycles. The summed E-state index contributed by atoms with van der Waals surface area (Å²) in [5.41, 5.74) is 5.17. The Balaban J connectivity index is 1.64. The number of fused-ring (bicyclic) bond motifs is 1. The highest BCUT2D eigenvalue weighted by molar-refractivity contribution is 7.89. The van der Waals surface area contributed by atoms with Crippen molar-refractivity contribution < 1.29 is 8.42 Å². The van der Waals surface area contributed by atoms with Crippen LogP contribution >= 0.6 is 11.3 Å². The normalized spacial score (nSPS) is 14.8. The molecule has 0 saturated carbocycles. The molecule has 3 aromatic rings. The van der Waals surface area contributed by atoms with E-state index in [2.05, 4.69) is 33.9 Å². The van der Waals surface area contributed by atoms with Gasteiger partial charge < -0.3 is 4.90 Å². The molecule has 0 bridgehead atoms. The van der Waals surface area contributed by atoms with Gasteiger partial charge in [-0.25, -0.2) is 13.1 Å². The number of hydrogen-bond acceptors (Lipinski definition) is 4. The van der Waals surface area contributed by atoms with Crippen LogP contribution in [0, 0.1) is 20.8 Å². The number of para-hydroxylation sites is 1. The van der Waals surface area contributed by atoms with E-state index in [1.54, 1.807) is 11.3 Å². The second-order valence-corrected chi connectivity index (χ2v) is 10.4. The molecule has 0 radical (unpaired) electrons. The van der Waals surface area contributed by atoms with Gasteiger partial charge in [-0.3, -0.25) is 0 Å². The number of anilines is 1.